The SMILES string of the molecule is C/C(=C\C=Nc1ccc(C)cc1)NO[Si](C)(C)C(C)(C)C. The second kappa shape index (κ2) is 7.05. The van der Waals surface area contributed by atoms with Crippen molar-refractivity contribution in [2.45, 2.75) is 52.8 Å². The van der Waals surface area contributed by atoms with Gasteiger partial charge in [-0.25, -0.2) is 0 Å². The third kappa shape index (κ3) is 5.85. The van der Waals surface area contributed by atoms with E-state index < -0.39 is 8.32 Å². The number of hydrogen-bond acceptors (Lipinski definition) is 3. The third-order valence-corrected chi connectivity index (χ3v) is 8.08. The fourth-order valence-corrected chi connectivity index (χ4v) is 1.98. The van der Waals surface area contributed by atoms with E-state index in [-0.39, 0.29) is 5.04 Å². The summed E-state index contributed by atoms with van der Waals surface area (Å²) in [6.45, 7) is 15.1. The molecule has 1 aromatic rings. The summed E-state index contributed by atoms with van der Waals surface area (Å²) in [5, 5.41) is 0.191. The molecule has 1 aromatic carbocycles. The van der Waals surface area contributed by atoms with E-state index in [9.17, 15) is 0 Å². The highest BCUT2D eigenvalue weighted by atomic mass is 28.4. The summed E-state index contributed by atoms with van der Waals surface area (Å²) in [5.41, 5.74) is 6.21. The van der Waals surface area contributed by atoms with Crippen molar-refractivity contribution in [1.82, 2.24) is 5.48 Å². The Morgan fingerprint density at radius 3 is 2.29 bits per heavy atom. The molecule has 1 rings (SSSR count). The molecule has 0 unspecified atom stereocenters. The number of allylic oxidation sites excluding steroid dienone is 2. The van der Waals surface area contributed by atoms with Gasteiger partial charge in [0.1, 0.15) is 0 Å². The molecule has 3 nitrogen and oxygen atoms in total. The zero-order chi connectivity index (χ0) is 16.1. The van der Waals surface area contributed by atoms with Crippen molar-refractivity contribution in [2.75, 3.05) is 0 Å². The number of nitrogens with one attached hydrogen (secondary N) is 1. The quantitative estimate of drug-likeness (QED) is 0.465. The van der Waals surface area contributed by atoms with Crippen molar-refractivity contribution in [3.05, 3.63) is 41.6 Å². The minimum Gasteiger partial charge on any atom is -0.322 e. The fourth-order valence-electron chi connectivity index (χ4n) is 1.26. The number of aliphatic imine (C=N–C) groups is 1. The zero-order valence-corrected chi connectivity index (χ0v) is 15.3. The van der Waals surface area contributed by atoms with E-state index in [4.69, 9.17) is 4.53 Å². The molecule has 1 N–H and O–H groups in total. The third-order valence-electron chi connectivity index (χ3n) is 3.86. The predicted molar refractivity (Wildman–Crippen MR) is 94.5 cm³/mol. The van der Waals surface area contributed by atoms with E-state index >= 15 is 0 Å². The highest BCUT2D eigenvalue weighted by Crippen LogP contribution is 2.35. The molecular weight excluding hydrogens is 276 g/mol. The van der Waals surface area contributed by atoms with Crippen LogP contribution in [-0.4, -0.2) is 14.5 Å². The first-order chi connectivity index (χ1) is 9.62. The van der Waals surface area contributed by atoms with Gasteiger partial charge in [0.2, 0.25) is 8.32 Å². The summed E-state index contributed by atoms with van der Waals surface area (Å²) in [6.07, 6.45) is 3.72. The number of rotatable bonds is 5. The maximum atomic E-state index is 5.93. The highest BCUT2D eigenvalue weighted by molar-refractivity contribution is 6.74. The van der Waals surface area contributed by atoms with Crippen LogP contribution in [0.1, 0.15) is 33.3 Å². The van der Waals surface area contributed by atoms with Gasteiger partial charge in [-0.05, 0) is 50.2 Å². The van der Waals surface area contributed by atoms with E-state index in [0.717, 1.165) is 11.4 Å². The summed E-state index contributed by atoms with van der Waals surface area (Å²) in [5.74, 6) is 0. The molecule has 0 amide bonds. The first kappa shape index (κ1) is 17.7. The maximum Gasteiger partial charge on any atom is 0.228 e. The molecule has 0 fully saturated rings. The van der Waals surface area contributed by atoms with Gasteiger partial charge in [0.25, 0.3) is 0 Å². The molecule has 0 saturated carbocycles. The lowest BCUT2D eigenvalue weighted by Crippen LogP contribution is -2.44. The summed E-state index contributed by atoms with van der Waals surface area (Å²) in [6, 6.07) is 8.13. The van der Waals surface area contributed by atoms with E-state index in [1.165, 1.54) is 5.56 Å². The van der Waals surface area contributed by atoms with Gasteiger partial charge in [-0.1, -0.05) is 38.5 Å². The van der Waals surface area contributed by atoms with Gasteiger partial charge >= 0.3 is 0 Å². The molecule has 0 heterocycles. The fraction of sp³-hybridized carbons (Fsp3) is 0.471. The Bertz CT molecular complexity index is 511. The standard InChI is InChI=1S/C17H28N2OSi/c1-14-8-10-16(11-9-14)18-13-12-15(2)19-20-21(6,7)17(3,4)5/h8-13,19H,1-7H3/b15-12+,18-13?. The normalized spacial score (nSPS) is 13.8. The Labute approximate surface area is 130 Å². The Kier molecular flexibility index (Phi) is 5.93. The molecule has 21 heavy (non-hydrogen) atoms. The van der Waals surface area contributed by atoms with E-state index in [0.29, 0.717) is 0 Å². The van der Waals surface area contributed by atoms with Crippen LogP contribution >= 0.6 is 0 Å². The predicted octanol–water partition coefficient (Wildman–Crippen LogP) is 5.13. The van der Waals surface area contributed by atoms with Crippen LogP contribution in [0.2, 0.25) is 18.1 Å². The van der Waals surface area contributed by atoms with Crippen LogP contribution in [0.4, 0.5) is 5.69 Å². The average Bonchev–Trinajstić information content (AvgIpc) is 2.37. The van der Waals surface area contributed by atoms with Gasteiger partial charge < -0.3 is 4.53 Å². The first-order valence-electron chi connectivity index (χ1n) is 7.33. The summed E-state index contributed by atoms with van der Waals surface area (Å²) >= 11 is 0. The lowest BCUT2D eigenvalue weighted by Gasteiger charge is -2.35. The number of hydrogen-bond donors (Lipinski definition) is 1. The Morgan fingerprint density at radius 2 is 1.76 bits per heavy atom. The van der Waals surface area contributed by atoms with Gasteiger partial charge in [0.05, 0.1) is 5.69 Å². The van der Waals surface area contributed by atoms with Crippen LogP contribution in [0.15, 0.2) is 41.0 Å². The van der Waals surface area contributed by atoms with Gasteiger partial charge in [0, 0.05) is 11.9 Å². The van der Waals surface area contributed by atoms with Crippen LogP contribution in [0.25, 0.3) is 0 Å². The van der Waals surface area contributed by atoms with E-state index in [1.807, 2.05) is 25.1 Å². The van der Waals surface area contributed by atoms with Gasteiger partial charge in [-0.15, -0.1) is 0 Å². The Morgan fingerprint density at radius 1 is 1.19 bits per heavy atom. The largest absolute Gasteiger partial charge is 0.322 e. The van der Waals surface area contributed by atoms with Crippen molar-refractivity contribution in [2.24, 2.45) is 4.99 Å². The number of benzene rings is 1. The van der Waals surface area contributed by atoms with Crippen LogP contribution in [0, 0.1) is 6.92 Å². The van der Waals surface area contributed by atoms with Crippen molar-refractivity contribution < 1.29 is 4.53 Å². The van der Waals surface area contributed by atoms with Crippen LogP contribution in [0.5, 0.6) is 0 Å². The van der Waals surface area contributed by atoms with E-state index in [2.05, 4.69) is 63.4 Å². The second-order valence-corrected chi connectivity index (χ2v) is 11.7. The highest BCUT2D eigenvalue weighted by Gasteiger charge is 2.38. The van der Waals surface area contributed by atoms with Crippen molar-refractivity contribution in [1.29, 1.82) is 0 Å². The summed E-state index contributed by atoms with van der Waals surface area (Å²) in [4.78, 5) is 4.39. The molecule has 0 aliphatic carbocycles. The topological polar surface area (TPSA) is 33.6 Å². The van der Waals surface area contributed by atoms with Crippen LogP contribution < -0.4 is 5.48 Å². The second-order valence-electron chi connectivity index (χ2n) is 6.93. The molecule has 4 heteroatoms. The van der Waals surface area contributed by atoms with Crippen LogP contribution in [-0.2, 0) is 4.53 Å². The average molecular weight is 305 g/mol. The lowest BCUT2D eigenvalue weighted by molar-refractivity contribution is 0.204. The summed E-state index contributed by atoms with van der Waals surface area (Å²) < 4.78 is 5.93. The minimum absolute atomic E-state index is 0.191. The molecule has 0 atom stereocenters. The molecule has 0 aliphatic rings. The number of aryl methyl sites for hydroxylation is 1. The van der Waals surface area contributed by atoms with Gasteiger partial charge in [0.15, 0.2) is 0 Å². The van der Waals surface area contributed by atoms with Gasteiger partial charge in [-0.2, -0.15) is 0 Å². The molecule has 116 valence electrons. The van der Waals surface area contributed by atoms with Crippen molar-refractivity contribution in [3.63, 3.8) is 0 Å². The van der Waals surface area contributed by atoms with E-state index in [1.54, 1.807) is 6.21 Å². The lowest BCUT2D eigenvalue weighted by atomic mass is 10.2. The summed E-state index contributed by atoms with van der Waals surface area (Å²) in [7, 11) is -1.77. The minimum atomic E-state index is -1.77. The molecule has 0 spiro atoms. The smallest absolute Gasteiger partial charge is 0.228 e. The number of nitrogens with zero attached hydrogens (tertiary/aromatic N) is 1. The molecule has 0 aromatic heterocycles. The molecule has 0 saturated heterocycles. The van der Waals surface area contributed by atoms with Crippen molar-refractivity contribution in [3.8, 4) is 0 Å². The molecule has 0 radical (unpaired) electrons. The Balaban J connectivity index is 2.56. The monoisotopic (exact) mass is 304 g/mol. The maximum absolute atomic E-state index is 5.93. The number of hydroxylamine groups is 1. The van der Waals surface area contributed by atoms with Crippen molar-refractivity contribution >= 4 is 20.2 Å². The van der Waals surface area contributed by atoms with Crippen LogP contribution in [0.3, 0.4) is 0 Å². The molecule has 0 bridgehead atoms. The molecular formula is C17H28N2OSi. The zero-order valence-electron chi connectivity index (χ0n) is 14.3. The first-order valence-corrected chi connectivity index (χ1v) is 10.2. The van der Waals surface area contributed by atoms with Gasteiger partial charge in [-0.3, -0.25) is 10.5 Å². The molecule has 0 aliphatic heterocycles. The Hall–Kier alpha value is -1.39.